The van der Waals surface area contributed by atoms with Crippen LogP contribution in [0.15, 0.2) is 71.4 Å². The highest BCUT2D eigenvalue weighted by atomic mass is 14.4. The fraction of sp³-hybridized carbons (Fsp3) is 0.520. The molecular formula is C25H36. The Morgan fingerprint density at radius 2 is 1.64 bits per heavy atom. The SMILES string of the molecule is C=C(C)/C(=C\CC1C=CC=C1)CC1C=C(C(C)(C)C)C=C1C(C)(C)C. The van der Waals surface area contributed by atoms with Gasteiger partial charge in [0.1, 0.15) is 0 Å². The van der Waals surface area contributed by atoms with Gasteiger partial charge in [0.15, 0.2) is 0 Å². The second-order valence-electron chi connectivity index (χ2n) is 9.71. The zero-order valence-corrected chi connectivity index (χ0v) is 17.3. The highest BCUT2D eigenvalue weighted by Gasteiger charge is 2.32. The average Bonchev–Trinajstić information content (AvgIpc) is 3.11. The predicted molar refractivity (Wildman–Crippen MR) is 112 cm³/mol. The van der Waals surface area contributed by atoms with Gasteiger partial charge >= 0.3 is 0 Å². The molecule has 0 radical (unpaired) electrons. The minimum absolute atomic E-state index is 0.200. The first kappa shape index (κ1) is 19.8. The van der Waals surface area contributed by atoms with Crippen molar-refractivity contribution in [2.45, 2.75) is 61.3 Å². The van der Waals surface area contributed by atoms with Gasteiger partial charge in [0.25, 0.3) is 0 Å². The molecule has 2 aliphatic carbocycles. The minimum atomic E-state index is 0.200. The van der Waals surface area contributed by atoms with Crippen molar-refractivity contribution in [2.24, 2.45) is 22.7 Å². The first-order valence-corrected chi connectivity index (χ1v) is 9.63. The summed E-state index contributed by atoms with van der Waals surface area (Å²) in [4.78, 5) is 0. The van der Waals surface area contributed by atoms with E-state index in [1.807, 2.05) is 0 Å². The monoisotopic (exact) mass is 336 g/mol. The van der Waals surface area contributed by atoms with E-state index in [1.165, 1.54) is 16.7 Å². The highest BCUT2D eigenvalue weighted by Crippen LogP contribution is 2.45. The summed E-state index contributed by atoms with van der Waals surface area (Å²) in [5, 5.41) is 0. The van der Waals surface area contributed by atoms with Crippen molar-refractivity contribution in [3.8, 4) is 0 Å². The van der Waals surface area contributed by atoms with Gasteiger partial charge in [-0.2, -0.15) is 0 Å². The molecule has 0 nitrogen and oxygen atoms in total. The van der Waals surface area contributed by atoms with Crippen molar-refractivity contribution >= 4 is 0 Å². The largest absolute Gasteiger partial charge is 0.0958 e. The molecule has 0 bridgehead atoms. The smallest absolute Gasteiger partial charge is 0.00316 e. The molecule has 0 heterocycles. The van der Waals surface area contributed by atoms with Gasteiger partial charge in [-0.25, -0.2) is 0 Å². The summed E-state index contributed by atoms with van der Waals surface area (Å²) >= 11 is 0. The van der Waals surface area contributed by atoms with Crippen LogP contribution in [0.3, 0.4) is 0 Å². The van der Waals surface area contributed by atoms with Gasteiger partial charge < -0.3 is 0 Å². The molecule has 0 heteroatoms. The summed E-state index contributed by atoms with van der Waals surface area (Å²) in [6.07, 6.45) is 18.4. The Bertz CT molecular complexity index is 648. The lowest BCUT2D eigenvalue weighted by molar-refractivity contribution is 0.455. The van der Waals surface area contributed by atoms with Crippen LogP contribution in [0.2, 0.25) is 0 Å². The molecule has 0 saturated heterocycles. The molecule has 0 N–H and O–H groups in total. The van der Waals surface area contributed by atoms with E-state index >= 15 is 0 Å². The maximum absolute atomic E-state index is 4.25. The highest BCUT2D eigenvalue weighted by molar-refractivity contribution is 5.43. The second-order valence-corrected chi connectivity index (χ2v) is 9.71. The van der Waals surface area contributed by atoms with Crippen LogP contribution in [0.25, 0.3) is 0 Å². The third-order valence-corrected chi connectivity index (χ3v) is 5.28. The average molecular weight is 337 g/mol. The summed E-state index contributed by atoms with van der Waals surface area (Å²) in [6.45, 7) is 20.3. The second kappa shape index (κ2) is 7.36. The molecule has 136 valence electrons. The van der Waals surface area contributed by atoms with Crippen LogP contribution >= 0.6 is 0 Å². The van der Waals surface area contributed by atoms with E-state index in [1.54, 1.807) is 5.57 Å². The molecule has 0 aromatic carbocycles. The fourth-order valence-corrected chi connectivity index (χ4v) is 3.62. The Morgan fingerprint density at radius 1 is 1.04 bits per heavy atom. The Labute approximate surface area is 155 Å². The van der Waals surface area contributed by atoms with Crippen molar-refractivity contribution in [1.82, 2.24) is 0 Å². The zero-order chi connectivity index (χ0) is 18.8. The van der Waals surface area contributed by atoms with E-state index in [9.17, 15) is 0 Å². The lowest BCUT2D eigenvalue weighted by Crippen LogP contribution is -2.15. The fourth-order valence-electron chi connectivity index (χ4n) is 3.62. The van der Waals surface area contributed by atoms with Crippen LogP contribution in [0, 0.1) is 22.7 Å². The van der Waals surface area contributed by atoms with E-state index < -0.39 is 0 Å². The van der Waals surface area contributed by atoms with Crippen LogP contribution in [0.1, 0.15) is 61.3 Å². The first-order valence-electron chi connectivity index (χ1n) is 9.63. The maximum atomic E-state index is 4.25. The Hall–Kier alpha value is -1.56. The van der Waals surface area contributed by atoms with E-state index in [4.69, 9.17) is 0 Å². The summed E-state index contributed by atoms with van der Waals surface area (Å²) in [5.74, 6) is 1.04. The van der Waals surface area contributed by atoms with Crippen molar-refractivity contribution in [3.63, 3.8) is 0 Å². The Kier molecular flexibility index (Phi) is 5.82. The van der Waals surface area contributed by atoms with Crippen molar-refractivity contribution in [3.05, 3.63) is 71.4 Å². The molecular weight excluding hydrogens is 300 g/mol. The van der Waals surface area contributed by atoms with Crippen LogP contribution in [0.4, 0.5) is 0 Å². The van der Waals surface area contributed by atoms with E-state index in [0.717, 1.165) is 12.8 Å². The number of hydrogen-bond acceptors (Lipinski definition) is 0. The lowest BCUT2D eigenvalue weighted by Gasteiger charge is -2.27. The summed E-state index contributed by atoms with van der Waals surface area (Å²) < 4.78 is 0. The molecule has 2 rings (SSSR count). The van der Waals surface area contributed by atoms with Gasteiger partial charge in [-0.05, 0) is 47.7 Å². The molecule has 0 amide bonds. The van der Waals surface area contributed by atoms with Crippen molar-refractivity contribution in [1.29, 1.82) is 0 Å². The standard InChI is InChI=1S/C25H36/c1-18(2)20(14-13-19-11-9-10-12-19)15-21-16-22(24(3,4)5)17-23(21)25(6,7)8/h9-12,14,16-17,19,21H,1,13,15H2,2-8H3/b20-14-. The van der Waals surface area contributed by atoms with Gasteiger partial charge in [0.05, 0.1) is 0 Å². The Morgan fingerprint density at radius 3 is 2.12 bits per heavy atom. The number of rotatable bonds is 5. The predicted octanol–water partition coefficient (Wildman–Crippen LogP) is 7.59. The molecule has 1 atom stereocenters. The van der Waals surface area contributed by atoms with Gasteiger partial charge in [0.2, 0.25) is 0 Å². The first-order chi connectivity index (χ1) is 11.5. The molecule has 0 fully saturated rings. The van der Waals surface area contributed by atoms with Gasteiger partial charge in [-0.15, -0.1) is 0 Å². The molecule has 0 saturated carbocycles. The van der Waals surface area contributed by atoms with Crippen LogP contribution in [0.5, 0.6) is 0 Å². The number of allylic oxidation sites excluding steroid dienone is 11. The number of hydrogen-bond donors (Lipinski definition) is 0. The van der Waals surface area contributed by atoms with Gasteiger partial charge in [-0.3, -0.25) is 0 Å². The molecule has 25 heavy (non-hydrogen) atoms. The molecule has 0 aromatic heterocycles. The minimum Gasteiger partial charge on any atom is -0.0958 e. The summed E-state index contributed by atoms with van der Waals surface area (Å²) in [6, 6.07) is 0. The third kappa shape index (κ3) is 5.21. The topological polar surface area (TPSA) is 0 Å². The van der Waals surface area contributed by atoms with Gasteiger partial charge in [-0.1, -0.05) is 102 Å². The van der Waals surface area contributed by atoms with E-state index in [0.29, 0.717) is 11.8 Å². The summed E-state index contributed by atoms with van der Waals surface area (Å²) in [7, 11) is 0. The lowest BCUT2D eigenvalue weighted by atomic mass is 9.77. The van der Waals surface area contributed by atoms with Crippen LogP contribution < -0.4 is 0 Å². The normalized spacial score (nSPS) is 21.7. The Balaban J connectivity index is 2.24. The molecule has 0 spiro atoms. The molecule has 2 aliphatic rings. The zero-order valence-electron chi connectivity index (χ0n) is 17.3. The van der Waals surface area contributed by atoms with Crippen molar-refractivity contribution < 1.29 is 0 Å². The van der Waals surface area contributed by atoms with Crippen LogP contribution in [-0.4, -0.2) is 0 Å². The maximum Gasteiger partial charge on any atom is 0.00316 e. The van der Waals surface area contributed by atoms with E-state index in [2.05, 4.69) is 97.6 Å². The summed E-state index contributed by atoms with van der Waals surface area (Å²) in [5.41, 5.74) is 6.07. The molecule has 0 aromatic rings. The van der Waals surface area contributed by atoms with E-state index in [-0.39, 0.29) is 10.8 Å². The van der Waals surface area contributed by atoms with Gasteiger partial charge in [0, 0.05) is 5.92 Å². The molecule has 0 aliphatic heterocycles. The van der Waals surface area contributed by atoms with Crippen molar-refractivity contribution in [2.75, 3.05) is 0 Å². The quantitative estimate of drug-likeness (QED) is 0.454. The third-order valence-electron chi connectivity index (χ3n) is 5.28. The molecule has 1 unspecified atom stereocenters. The van der Waals surface area contributed by atoms with Crippen LogP contribution in [-0.2, 0) is 0 Å².